The van der Waals surface area contributed by atoms with Crippen molar-refractivity contribution in [3.63, 3.8) is 0 Å². The van der Waals surface area contributed by atoms with Crippen LogP contribution in [0.3, 0.4) is 0 Å². The van der Waals surface area contributed by atoms with Crippen LogP contribution in [0.1, 0.15) is 33.6 Å². The zero-order valence-electron chi connectivity index (χ0n) is 20.6. The molecule has 0 saturated carbocycles. The lowest BCUT2D eigenvalue weighted by atomic mass is 10.1. The van der Waals surface area contributed by atoms with E-state index in [1.54, 1.807) is 18.2 Å². The van der Waals surface area contributed by atoms with Crippen LogP contribution in [0.25, 0.3) is 0 Å². The molecule has 37 heavy (non-hydrogen) atoms. The number of rotatable bonds is 9. The number of hydrogen-bond donors (Lipinski definition) is 3. The fraction of sp³-hybridized carbons (Fsp3) is 0.417. The minimum absolute atomic E-state index is 0.146. The molecule has 4 rings (SSSR count). The van der Waals surface area contributed by atoms with Gasteiger partial charge in [-0.15, -0.1) is 0 Å². The third-order valence-electron chi connectivity index (χ3n) is 6.11. The Morgan fingerprint density at radius 3 is 2.54 bits per heavy atom. The van der Waals surface area contributed by atoms with Crippen molar-refractivity contribution >= 4 is 21.8 Å². The van der Waals surface area contributed by atoms with Gasteiger partial charge < -0.3 is 24.4 Å². The van der Waals surface area contributed by atoms with Crippen molar-refractivity contribution in [2.24, 2.45) is 0 Å². The maximum absolute atomic E-state index is 13.6. The molecule has 2 amide bonds. The smallest absolute Gasteiger partial charge is 0.276 e. The topological polar surface area (TPSA) is 147 Å². The Labute approximate surface area is 215 Å². The van der Waals surface area contributed by atoms with Gasteiger partial charge in [0.1, 0.15) is 11.9 Å². The summed E-state index contributed by atoms with van der Waals surface area (Å²) in [5.74, 6) is 0.133. The normalized spacial score (nSPS) is 16.0. The fourth-order valence-electron chi connectivity index (χ4n) is 4.19. The van der Waals surface area contributed by atoms with Crippen molar-refractivity contribution in [3.05, 3.63) is 47.5 Å². The molecule has 1 fully saturated rings. The third kappa shape index (κ3) is 5.96. The van der Waals surface area contributed by atoms with E-state index in [4.69, 9.17) is 14.2 Å². The van der Waals surface area contributed by atoms with Crippen LogP contribution in [0.5, 0.6) is 17.2 Å². The predicted octanol–water partition coefficient (Wildman–Crippen LogP) is 1.06. The highest BCUT2D eigenvalue weighted by molar-refractivity contribution is 7.89. The summed E-state index contributed by atoms with van der Waals surface area (Å²) in [5, 5.41) is 12.0. The van der Waals surface area contributed by atoms with Crippen LogP contribution >= 0.6 is 0 Å². The van der Waals surface area contributed by atoms with E-state index in [1.165, 1.54) is 28.0 Å². The molecule has 13 heteroatoms. The Kier molecular flexibility index (Phi) is 8.17. The fourth-order valence-corrected chi connectivity index (χ4v) is 5.87. The van der Waals surface area contributed by atoms with Gasteiger partial charge in [0.05, 0.1) is 16.0 Å². The molecule has 2 aliphatic heterocycles. The maximum Gasteiger partial charge on any atom is 0.276 e. The number of carbonyl (C=O) groups excluding carboxylic acids is 2. The number of amides is 2. The number of nitrogens with one attached hydrogen (secondary N) is 2. The maximum atomic E-state index is 13.6. The number of hydroxylamine groups is 1. The number of likely N-dealkylation sites (N-methyl/N-ethyl adjacent to an activating group) is 1. The average Bonchev–Trinajstić information content (AvgIpc) is 3.36. The number of fused-ring (bicyclic) bond motifs is 1. The Morgan fingerprint density at radius 2 is 1.84 bits per heavy atom. The first kappa shape index (κ1) is 26.7. The Hall–Kier alpha value is -3.39. The standard InChI is InChI=1S/C24H30N4O8S/c1-27(2)13-10-25-23(29)18-4-3-5-21(22(18)24(30)26-31)37(32,33)28-11-8-16(9-12-28)36-17-6-7-19-20(14-17)35-15-34-19/h3-7,14,16,31H,8-13,15H2,1-2H3,(H,25,29)(H,26,30). The van der Waals surface area contributed by atoms with Gasteiger partial charge in [0.25, 0.3) is 11.8 Å². The second-order valence-electron chi connectivity index (χ2n) is 8.92. The van der Waals surface area contributed by atoms with E-state index in [2.05, 4.69) is 5.32 Å². The highest BCUT2D eigenvalue weighted by Gasteiger charge is 2.35. The Bertz CT molecular complexity index is 1260. The summed E-state index contributed by atoms with van der Waals surface area (Å²) in [6.07, 6.45) is 0.612. The van der Waals surface area contributed by atoms with Gasteiger partial charge in [0, 0.05) is 32.2 Å². The van der Waals surface area contributed by atoms with Gasteiger partial charge in [-0.3, -0.25) is 14.8 Å². The lowest BCUT2D eigenvalue weighted by molar-refractivity contribution is 0.0697. The monoisotopic (exact) mass is 534 g/mol. The Morgan fingerprint density at radius 1 is 1.11 bits per heavy atom. The second-order valence-corrected chi connectivity index (χ2v) is 10.8. The molecule has 200 valence electrons. The molecule has 0 bridgehead atoms. The molecule has 2 aromatic carbocycles. The molecule has 3 N–H and O–H groups in total. The first-order valence-corrected chi connectivity index (χ1v) is 13.2. The Balaban J connectivity index is 1.49. The molecular weight excluding hydrogens is 504 g/mol. The van der Waals surface area contributed by atoms with Crippen molar-refractivity contribution in [2.45, 2.75) is 23.8 Å². The van der Waals surface area contributed by atoms with E-state index in [0.29, 0.717) is 43.2 Å². The van der Waals surface area contributed by atoms with E-state index in [1.807, 2.05) is 19.0 Å². The number of ether oxygens (including phenoxy) is 3. The van der Waals surface area contributed by atoms with Gasteiger partial charge in [-0.25, -0.2) is 13.9 Å². The molecule has 0 spiro atoms. The van der Waals surface area contributed by atoms with Crippen LogP contribution in [-0.2, 0) is 10.0 Å². The molecule has 2 heterocycles. The van der Waals surface area contributed by atoms with Crippen molar-refractivity contribution in [3.8, 4) is 17.2 Å². The zero-order chi connectivity index (χ0) is 26.6. The number of sulfonamides is 1. The highest BCUT2D eigenvalue weighted by Crippen LogP contribution is 2.36. The molecule has 0 atom stereocenters. The van der Waals surface area contributed by atoms with Gasteiger partial charge in [-0.2, -0.15) is 4.31 Å². The first-order valence-electron chi connectivity index (χ1n) is 11.8. The largest absolute Gasteiger partial charge is 0.490 e. The van der Waals surface area contributed by atoms with Gasteiger partial charge in [0.2, 0.25) is 16.8 Å². The number of benzene rings is 2. The first-order chi connectivity index (χ1) is 17.7. The summed E-state index contributed by atoms with van der Waals surface area (Å²) in [5.41, 5.74) is 0.912. The zero-order valence-corrected chi connectivity index (χ0v) is 21.4. The molecule has 0 radical (unpaired) electrons. The number of hydrogen-bond acceptors (Lipinski definition) is 9. The SMILES string of the molecule is CN(C)CCNC(=O)c1cccc(S(=O)(=O)N2CCC(Oc3ccc4c(c3)OCO4)CC2)c1C(=O)NO. The lowest BCUT2D eigenvalue weighted by Gasteiger charge is -2.32. The third-order valence-corrected chi connectivity index (χ3v) is 8.05. The van der Waals surface area contributed by atoms with Crippen molar-refractivity contribution in [2.75, 3.05) is 47.1 Å². The van der Waals surface area contributed by atoms with E-state index < -0.39 is 27.4 Å². The average molecular weight is 535 g/mol. The van der Waals surface area contributed by atoms with E-state index in [0.717, 1.165) is 0 Å². The molecule has 0 aliphatic carbocycles. The molecule has 0 aromatic heterocycles. The van der Waals surface area contributed by atoms with Gasteiger partial charge >= 0.3 is 0 Å². The van der Waals surface area contributed by atoms with Gasteiger partial charge in [-0.05, 0) is 51.2 Å². The van der Waals surface area contributed by atoms with Gasteiger partial charge in [0.15, 0.2) is 11.5 Å². The van der Waals surface area contributed by atoms with E-state index in [-0.39, 0.29) is 36.4 Å². The summed E-state index contributed by atoms with van der Waals surface area (Å²) in [7, 11) is -0.480. The van der Waals surface area contributed by atoms with Crippen molar-refractivity contribution in [1.82, 2.24) is 20.0 Å². The van der Waals surface area contributed by atoms with Crippen LogP contribution in [0.4, 0.5) is 0 Å². The van der Waals surface area contributed by atoms with Crippen LogP contribution in [0, 0.1) is 0 Å². The van der Waals surface area contributed by atoms with Crippen LogP contribution in [0.2, 0.25) is 0 Å². The summed E-state index contributed by atoms with van der Waals surface area (Å²) in [6.45, 7) is 1.30. The van der Waals surface area contributed by atoms with Crippen LogP contribution < -0.4 is 25.0 Å². The molecular formula is C24H30N4O8S. The molecule has 1 saturated heterocycles. The number of nitrogens with zero attached hydrogens (tertiary/aromatic N) is 2. The molecule has 2 aromatic rings. The number of carbonyl (C=O) groups is 2. The quantitative estimate of drug-likeness (QED) is 0.317. The minimum Gasteiger partial charge on any atom is -0.490 e. The minimum atomic E-state index is -4.16. The van der Waals surface area contributed by atoms with E-state index in [9.17, 15) is 23.2 Å². The summed E-state index contributed by atoms with van der Waals surface area (Å²) < 4.78 is 45.1. The molecule has 2 aliphatic rings. The van der Waals surface area contributed by atoms with Crippen LogP contribution in [-0.4, -0.2) is 87.8 Å². The van der Waals surface area contributed by atoms with Crippen LogP contribution in [0.15, 0.2) is 41.3 Å². The lowest BCUT2D eigenvalue weighted by Crippen LogP contribution is -2.42. The predicted molar refractivity (Wildman–Crippen MR) is 132 cm³/mol. The molecule has 12 nitrogen and oxygen atoms in total. The summed E-state index contributed by atoms with van der Waals surface area (Å²) in [6, 6.07) is 9.27. The number of piperidine rings is 1. The van der Waals surface area contributed by atoms with Gasteiger partial charge in [-0.1, -0.05) is 6.07 Å². The molecule has 0 unspecified atom stereocenters. The van der Waals surface area contributed by atoms with Crippen molar-refractivity contribution < 1.29 is 37.4 Å². The highest BCUT2D eigenvalue weighted by atomic mass is 32.2. The summed E-state index contributed by atoms with van der Waals surface area (Å²) >= 11 is 0. The second kappa shape index (κ2) is 11.3. The summed E-state index contributed by atoms with van der Waals surface area (Å²) in [4.78, 5) is 26.8. The van der Waals surface area contributed by atoms with Crippen molar-refractivity contribution in [1.29, 1.82) is 0 Å². The van der Waals surface area contributed by atoms with E-state index >= 15 is 0 Å².